The smallest absolute Gasteiger partial charge is 0.234 e. The number of aryl methyl sites for hydroxylation is 1. The molecule has 0 radical (unpaired) electrons. The molecule has 2 aromatic carbocycles. The predicted octanol–water partition coefficient (Wildman–Crippen LogP) is 5.09. The van der Waals surface area contributed by atoms with Crippen LogP contribution in [0, 0.1) is 0 Å². The lowest BCUT2D eigenvalue weighted by molar-refractivity contribution is -0.113. The Morgan fingerprint density at radius 1 is 1.04 bits per heavy atom. The molecule has 28 heavy (non-hydrogen) atoms. The molecule has 2 aromatic rings. The molecule has 5 heteroatoms. The minimum atomic E-state index is -0.293. The van der Waals surface area contributed by atoms with Crippen LogP contribution in [0.15, 0.2) is 64.6 Å². The van der Waals surface area contributed by atoms with E-state index in [9.17, 15) is 4.79 Å². The van der Waals surface area contributed by atoms with Crippen molar-refractivity contribution in [2.24, 2.45) is 9.98 Å². The molecule has 2 aliphatic rings. The third-order valence-corrected chi connectivity index (χ3v) is 6.26. The molecule has 1 spiro atoms. The fraction of sp³-hybridized carbons (Fsp3) is 0.348. The molecule has 1 saturated carbocycles. The van der Waals surface area contributed by atoms with Crippen LogP contribution in [0.5, 0.6) is 0 Å². The lowest BCUT2D eigenvalue weighted by Crippen LogP contribution is -2.18. The highest BCUT2D eigenvalue weighted by Crippen LogP contribution is 2.40. The predicted molar refractivity (Wildman–Crippen MR) is 119 cm³/mol. The van der Waals surface area contributed by atoms with Crippen molar-refractivity contribution in [3.05, 3.63) is 65.7 Å². The van der Waals surface area contributed by atoms with Crippen LogP contribution in [0.25, 0.3) is 0 Å². The van der Waals surface area contributed by atoms with Crippen LogP contribution in [-0.2, 0) is 11.2 Å². The maximum Gasteiger partial charge on any atom is 0.234 e. The van der Waals surface area contributed by atoms with Gasteiger partial charge >= 0.3 is 0 Å². The van der Waals surface area contributed by atoms with Gasteiger partial charge in [0.05, 0.1) is 11.5 Å². The molecule has 1 N–H and O–H groups in total. The van der Waals surface area contributed by atoms with E-state index in [-0.39, 0.29) is 11.6 Å². The maximum absolute atomic E-state index is 12.6. The third-order valence-electron chi connectivity index (χ3n) is 5.30. The monoisotopic (exact) mass is 391 g/mol. The van der Waals surface area contributed by atoms with Gasteiger partial charge in [-0.1, -0.05) is 67.2 Å². The first-order valence-electron chi connectivity index (χ1n) is 9.95. The van der Waals surface area contributed by atoms with Gasteiger partial charge in [0.25, 0.3) is 0 Å². The molecule has 0 atom stereocenters. The van der Waals surface area contributed by atoms with Gasteiger partial charge in [0.15, 0.2) is 5.66 Å². The second-order valence-corrected chi connectivity index (χ2v) is 8.24. The number of anilines is 1. The minimum absolute atomic E-state index is 0.00613. The van der Waals surface area contributed by atoms with E-state index in [1.54, 1.807) is 0 Å². The summed E-state index contributed by atoms with van der Waals surface area (Å²) in [4.78, 5) is 22.6. The number of hydrogen-bond acceptors (Lipinski definition) is 4. The van der Waals surface area contributed by atoms with Gasteiger partial charge in [-0.3, -0.25) is 9.79 Å². The first kappa shape index (κ1) is 18.9. The number of hydrogen-bond donors (Lipinski definition) is 1. The minimum Gasteiger partial charge on any atom is -0.325 e. The van der Waals surface area contributed by atoms with Gasteiger partial charge in [-0.25, -0.2) is 4.99 Å². The van der Waals surface area contributed by atoms with Crippen molar-refractivity contribution in [3.8, 4) is 0 Å². The van der Waals surface area contributed by atoms with E-state index < -0.39 is 0 Å². The highest BCUT2D eigenvalue weighted by Gasteiger charge is 2.39. The summed E-state index contributed by atoms with van der Waals surface area (Å²) in [6.07, 6.45) is 5.24. The Hall–Kier alpha value is -2.40. The molecule has 1 amide bonds. The molecular weight excluding hydrogens is 366 g/mol. The molecule has 1 aliphatic carbocycles. The number of rotatable bonds is 5. The first-order valence-corrected chi connectivity index (χ1v) is 10.9. The zero-order valence-corrected chi connectivity index (χ0v) is 17.0. The standard InChI is InChI=1S/C23H25N3OS/c1-2-17-10-6-7-13-19(17)24-20(27)16-28-22-21(18-11-4-3-5-12-18)25-23(26-22)14-8-9-15-23/h3-7,10-13H,2,8-9,14-16H2,1H3,(H,24,27). The number of benzene rings is 2. The van der Waals surface area contributed by atoms with Gasteiger partial charge in [-0.15, -0.1) is 0 Å². The Bertz CT molecular complexity index is 914. The molecule has 4 nitrogen and oxygen atoms in total. The number of nitrogens with zero attached hydrogens (tertiary/aromatic N) is 2. The van der Waals surface area contributed by atoms with Gasteiger partial charge in [0, 0.05) is 11.3 Å². The number of amides is 1. The number of carbonyl (C=O) groups excluding carboxylic acids is 1. The Morgan fingerprint density at radius 3 is 2.50 bits per heavy atom. The normalized spacial score (nSPS) is 17.5. The number of aliphatic imine (C=N–C) groups is 2. The second kappa shape index (κ2) is 8.31. The van der Waals surface area contributed by atoms with E-state index in [0.717, 1.165) is 46.8 Å². The molecule has 4 rings (SSSR count). The average Bonchev–Trinajstić information content (AvgIpc) is 3.34. The van der Waals surface area contributed by atoms with E-state index in [0.29, 0.717) is 5.75 Å². The van der Waals surface area contributed by atoms with Crippen LogP contribution in [0.1, 0.15) is 43.7 Å². The highest BCUT2D eigenvalue weighted by atomic mass is 32.2. The van der Waals surface area contributed by atoms with Crippen LogP contribution in [0.2, 0.25) is 0 Å². The van der Waals surface area contributed by atoms with Crippen molar-refractivity contribution < 1.29 is 4.79 Å². The van der Waals surface area contributed by atoms with E-state index in [1.165, 1.54) is 24.6 Å². The van der Waals surface area contributed by atoms with E-state index in [1.807, 2.05) is 42.5 Å². The van der Waals surface area contributed by atoms with Crippen molar-refractivity contribution in [1.29, 1.82) is 0 Å². The van der Waals surface area contributed by atoms with Crippen molar-refractivity contribution in [3.63, 3.8) is 0 Å². The maximum atomic E-state index is 12.6. The summed E-state index contributed by atoms with van der Waals surface area (Å²) >= 11 is 1.50. The molecule has 1 fully saturated rings. The zero-order valence-electron chi connectivity index (χ0n) is 16.1. The Balaban J connectivity index is 1.48. The highest BCUT2D eigenvalue weighted by molar-refractivity contribution is 8.16. The van der Waals surface area contributed by atoms with Gasteiger partial charge in [-0.2, -0.15) is 0 Å². The van der Waals surface area contributed by atoms with Crippen LogP contribution < -0.4 is 5.32 Å². The molecule has 144 valence electrons. The average molecular weight is 392 g/mol. The summed E-state index contributed by atoms with van der Waals surface area (Å²) in [5.41, 5.74) is 3.77. The summed E-state index contributed by atoms with van der Waals surface area (Å²) in [7, 11) is 0. The molecule has 0 bridgehead atoms. The molecule has 0 saturated heterocycles. The van der Waals surface area contributed by atoms with E-state index in [4.69, 9.17) is 9.98 Å². The van der Waals surface area contributed by atoms with Crippen molar-refractivity contribution in [2.45, 2.75) is 44.7 Å². The van der Waals surface area contributed by atoms with Crippen molar-refractivity contribution in [2.75, 3.05) is 11.1 Å². The van der Waals surface area contributed by atoms with E-state index in [2.05, 4.69) is 24.4 Å². The number of nitrogens with one attached hydrogen (secondary N) is 1. The van der Waals surface area contributed by atoms with E-state index >= 15 is 0 Å². The van der Waals surface area contributed by atoms with Crippen LogP contribution >= 0.6 is 11.8 Å². The van der Waals surface area contributed by atoms with Crippen LogP contribution in [0.4, 0.5) is 5.69 Å². The molecular formula is C23H25N3OS. The van der Waals surface area contributed by atoms with Gasteiger partial charge < -0.3 is 5.32 Å². The summed E-state index contributed by atoms with van der Waals surface area (Å²) in [5, 5.41) is 3.94. The lowest BCUT2D eigenvalue weighted by atomic mass is 10.1. The fourth-order valence-corrected chi connectivity index (χ4v) is 4.72. The fourth-order valence-electron chi connectivity index (χ4n) is 3.84. The largest absolute Gasteiger partial charge is 0.325 e. The number of para-hydroxylation sites is 1. The SMILES string of the molecule is CCc1ccccc1NC(=O)CSC1=NC2(CCCC2)N=C1c1ccccc1. The van der Waals surface area contributed by atoms with Gasteiger partial charge in [-0.05, 0) is 43.7 Å². The van der Waals surface area contributed by atoms with Crippen molar-refractivity contribution in [1.82, 2.24) is 0 Å². The summed E-state index contributed by atoms with van der Waals surface area (Å²) < 4.78 is 0. The van der Waals surface area contributed by atoms with Gasteiger partial charge in [0.2, 0.25) is 5.91 Å². The summed E-state index contributed by atoms with van der Waals surface area (Å²) in [5.74, 6) is 0.326. The summed E-state index contributed by atoms with van der Waals surface area (Å²) in [6.45, 7) is 2.09. The quantitative estimate of drug-likeness (QED) is 0.771. The molecule has 0 aromatic heterocycles. The second-order valence-electron chi connectivity index (χ2n) is 7.28. The third kappa shape index (κ3) is 4.04. The van der Waals surface area contributed by atoms with Crippen molar-refractivity contribution >= 4 is 34.1 Å². The van der Waals surface area contributed by atoms with Crippen LogP contribution in [-0.4, -0.2) is 28.1 Å². The Morgan fingerprint density at radius 2 is 1.75 bits per heavy atom. The van der Waals surface area contributed by atoms with Gasteiger partial charge in [0.1, 0.15) is 5.04 Å². The first-order chi connectivity index (χ1) is 13.7. The molecule has 1 aliphatic heterocycles. The molecule has 0 unspecified atom stereocenters. The number of thioether (sulfide) groups is 1. The number of carbonyl (C=O) groups is 1. The Labute approximate surface area is 170 Å². The summed E-state index contributed by atoms with van der Waals surface area (Å²) in [6, 6.07) is 18.1. The lowest BCUT2D eigenvalue weighted by Gasteiger charge is -2.14. The zero-order chi connectivity index (χ0) is 19.4. The van der Waals surface area contributed by atoms with Crippen LogP contribution in [0.3, 0.4) is 0 Å². The molecule has 1 heterocycles. The Kier molecular flexibility index (Phi) is 5.62. The topological polar surface area (TPSA) is 53.8 Å².